The average Bonchev–Trinajstić information content (AvgIpc) is 2.66. The van der Waals surface area contributed by atoms with Gasteiger partial charge in [0.1, 0.15) is 5.75 Å². The second-order valence-corrected chi connectivity index (χ2v) is 5.96. The standard InChI is InChI=1S/C20H26N2O4/c1-21-17(13-14-25-19-8-6-5-7-18(19)24-4)15-9-11-16(12-10-15)26-20(23)22(2)3/h5-12,17,21H,13-14H2,1-4H3. The first-order valence-corrected chi connectivity index (χ1v) is 8.47. The van der Waals surface area contributed by atoms with Gasteiger partial charge in [-0.2, -0.15) is 0 Å². The maximum absolute atomic E-state index is 11.6. The van der Waals surface area contributed by atoms with Crippen LogP contribution in [0.2, 0.25) is 0 Å². The quantitative estimate of drug-likeness (QED) is 0.783. The topological polar surface area (TPSA) is 60.0 Å². The summed E-state index contributed by atoms with van der Waals surface area (Å²) in [4.78, 5) is 13.0. The predicted octanol–water partition coefficient (Wildman–Crippen LogP) is 3.49. The smallest absolute Gasteiger partial charge is 0.414 e. The normalized spacial score (nSPS) is 11.5. The van der Waals surface area contributed by atoms with Gasteiger partial charge >= 0.3 is 6.09 Å². The molecule has 0 spiro atoms. The molecule has 0 aromatic heterocycles. The van der Waals surface area contributed by atoms with Crippen molar-refractivity contribution in [1.29, 1.82) is 0 Å². The van der Waals surface area contributed by atoms with Gasteiger partial charge in [0.05, 0.1) is 13.7 Å². The molecule has 26 heavy (non-hydrogen) atoms. The summed E-state index contributed by atoms with van der Waals surface area (Å²) in [5.41, 5.74) is 1.10. The van der Waals surface area contributed by atoms with E-state index < -0.39 is 6.09 Å². The summed E-state index contributed by atoms with van der Waals surface area (Å²) in [5.74, 6) is 1.98. The van der Waals surface area contributed by atoms with E-state index >= 15 is 0 Å². The Labute approximate surface area is 154 Å². The SMILES string of the molecule is CNC(CCOc1ccccc1OC)c1ccc(OC(=O)N(C)C)cc1. The third kappa shape index (κ3) is 5.39. The van der Waals surface area contributed by atoms with Crippen molar-refractivity contribution in [3.63, 3.8) is 0 Å². The average molecular weight is 358 g/mol. The molecule has 2 rings (SSSR count). The molecule has 1 amide bonds. The van der Waals surface area contributed by atoms with Crippen LogP contribution in [0, 0.1) is 0 Å². The Balaban J connectivity index is 1.92. The summed E-state index contributed by atoms with van der Waals surface area (Å²) in [7, 11) is 6.84. The van der Waals surface area contributed by atoms with Crippen molar-refractivity contribution < 1.29 is 19.0 Å². The first kappa shape index (κ1) is 19.6. The highest BCUT2D eigenvalue weighted by atomic mass is 16.6. The molecule has 2 aromatic carbocycles. The van der Waals surface area contributed by atoms with Crippen molar-refractivity contribution in [3.05, 3.63) is 54.1 Å². The van der Waals surface area contributed by atoms with Crippen molar-refractivity contribution in [2.24, 2.45) is 0 Å². The largest absolute Gasteiger partial charge is 0.493 e. The molecule has 0 radical (unpaired) electrons. The number of carbonyl (C=O) groups is 1. The van der Waals surface area contributed by atoms with Gasteiger partial charge in [-0.3, -0.25) is 0 Å². The summed E-state index contributed by atoms with van der Waals surface area (Å²) in [6.07, 6.45) is 0.388. The molecule has 1 atom stereocenters. The fourth-order valence-corrected chi connectivity index (χ4v) is 2.46. The molecule has 0 aliphatic rings. The zero-order valence-electron chi connectivity index (χ0n) is 15.7. The highest BCUT2D eigenvalue weighted by Crippen LogP contribution is 2.27. The van der Waals surface area contributed by atoms with E-state index in [9.17, 15) is 4.79 Å². The minimum Gasteiger partial charge on any atom is -0.493 e. The molecule has 140 valence electrons. The Morgan fingerprint density at radius 1 is 1.08 bits per heavy atom. The maximum atomic E-state index is 11.6. The van der Waals surface area contributed by atoms with Gasteiger partial charge in [-0.1, -0.05) is 24.3 Å². The van der Waals surface area contributed by atoms with Gasteiger partial charge in [0, 0.05) is 26.6 Å². The van der Waals surface area contributed by atoms with Crippen LogP contribution >= 0.6 is 0 Å². The van der Waals surface area contributed by atoms with Crippen LogP contribution < -0.4 is 19.5 Å². The van der Waals surface area contributed by atoms with E-state index in [1.165, 1.54) is 4.90 Å². The molecule has 0 bridgehead atoms. The third-order valence-corrected chi connectivity index (χ3v) is 3.93. The highest BCUT2D eigenvalue weighted by Gasteiger charge is 2.12. The van der Waals surface area contributed by atoms with Gasteiger partial charge in [-0.05, 0) is 36.9 Å². The molecule has 0 saturated heterocycles. The van der Waals surface area contributed by atoms with Crippen LogP contribution in [0.15, 0.2) is 48.5 Å². The van der Waals surface area contributed by atoms with Crippen LogP contribution in [0.25, 0.3) is 0 Å². The van der Waals surface area contributed by atoms with E-state index in [2.05, 4.69) is 5.32 Å². The minimum absolute atomic E-state index is 0.128. The van der Waals surface area contributed by atoms with Crippen molar-refractivity contribution in [3.8, 4) is 17.2 Å². The Morgan fingerprint density at radius 3 is 2.31 bits per heavy atom. The number of rotatable bonds is 8. The van der Waals surface area contributed by atoms with Gasteiger partial charge in [-0.15, -0.1) is 0 Å². The second kappa shape index (κ2) is 9.68. The van der Waals surface area contributed by atoms with Crippen molar-refractivity contribution in [2.45, 2.75) is 12.5 Å². The first-order chi connectivity index (χ1) is 12.5. The van der Waals surface area contributed by atoms with E-state index in [0.717, 1.165) is 23.5 Å². The lowest BCUT2D eigenvalue weighted by Crippen LogP contribution is -2.25. The van der Waals surface area contributed by atoms with Gasteiger partial charge in [0.2, 0.25) is 0 Å². The fourth-order valence-electron chi connectivity index (χ4n) is 2.46. The number of benzene rings is 2. The molecular formula is C20H26N2O4. The molecule has 1 N–H and O–H groups in total. The number of ether oxygens (including phenoxy) is 3. The van der Waals surface area contributed by atoms with E-state index in [1.54, 1.807) is 33.3 Å². The van der Waals surface area contributed by atoms with Crippen LogP contribution in [-0.2, 0) is 0 Å². The molecule has 0 saturated carbocycles. The molecule has 1 unspecified atom stereocenters. The minimum atomic E-state index is -0.395. The van der Waals surface area contributed by atoms with Gasteiger partial charge < -0.3 is 24.4 Å². The number of hydrogen-bond acceptors (Lipinski definition) is 5. The van der Waals surface area contributed by atoms with E-state index in [-0.39, 0.29) is 6.04 Å². The zero-order valence-corrected chi connectivity index (χ0v) is 15.7. The Kier molecular flexibility index (Phi) is 7.29. The number of nitrogens with one attached hydrogen (secondary N) is 1. The van der Waals surface area contributed by atoms with E-state index in [0.29, 0.717) is 12.4 Å². The zero-order chi connectivity index (χ0) is 18.9. The number of para-hydroxylation sites is 2. The van der Waals surface area contributed by atoms with Crippen LogP contribution in [0.1, 0.15) is 18.0 Å². The summed E-state index contributed by atoms with van der Waals surface area (Å²) >= 11 is 0. The Morgan fingerprint density at radius 2 is 1.73 bits per heavy atom. The monoisotopic (exact) mass is 358 g/mol. The lowest BCUT2D eigenvalue weighted by Gasteiger charge is -2.18. The number of methoxy groups -OCH3 is 1. The van der Waals surface area contributed by atoms with Gasteiger partial charge in [-0.25, -0.2) is 4.79 Å². The molecule has 0 heterocycles. The first-order valence-electron chi connectivity index (χ1n) is 8.47. The molecule has 0 fully saturated rings. The van der Waals surface area contributed by atoms with Crippen molar-refractivity contribution in [2.75, 3.05) is 34.9 Å². The predicted molar refractivity (Wildman–Crippen MR) is 101 cm³/mol. The highest BCUT2D eigenvalue weighted by molar-refractivity contribution is 5.69. The third-order valence-electron chi connectivity index (χ3n) is 3.93. The Hall–Kier alpha value is -2.73. The second-order valence-electron chi connectivity index (χ2n) is 5.96. The van der Waals surface area contributed by atoms with E-state index in [1.807, 2.05) is 43.4 Å². The molecule has 6 heteroatoms. The number of nitrogens with zero attached hydrogens (tertiary/aromatic N) is 1. The number of hydrogen-bond donors (Lipinski definition) is 1. The van der Waals surface area contributed by atoms with Crippen molar-refractivity contribution in [1.82, 2.24) is 10.2 Å². The van der Waals surface area contributed by atoms with Gasteiger partial charge in [0.25, 0.3) is 0 Å². The molecule has 6 nitrogen and oxygen atoms in total. The Bertz CT molecular complexity index is 701. The van der Waals surface area contributed by atoms with Crippen LogP contribution in [-0.4, -0.2) is 45.9 Å². The fraction of sp³-hybridized carbons (Fsp3) is 0.350. The maximum Gasteiger partial charge on any atom is 0.414 e. The molecule has 0 aliphatic heterocycles. The lowest BCUT2D eigenvalue weighted by molar-refractivity contribution is 0.172. The molecule has 0 aliphatic carbocycles. The van der Waals surface area contributed by atoms with Crippen molar-refractivity contribution >= 4 is 6.09 Å². The van der Waals surface area contributed by atoms with Gasteiger partial charge in [0.15, 0.2) is 11.5 Å². The number of carbonyl (C=O) groups excluding carboxylic acids is 1. The van der Waals surface area contributed by atoms with E-state index in [4.69, 9.17) is 14.2 Å². The summed E-state index contributed by atoms with van der Waals surface area (Å²) in [6, 6.07) is 15.2. The summed E-state index contributed by atoms with van der Waals surface area (Å²) < 4.78 is 16.4. The van der Waals surface area contributed by atoms with Crippen LogP contribution in [0.4, 0.5) is 4.79 Å². The molecule has 2 aromatic rings. The number of amides is 1. The van der Waals surface area contributed by atoms with Crippen LogP contribution in [0.3, 0.4) is 0 Å². The van der Waals surface area contributed by atoms with Crippen LogP contribution in [0.5, 0.6) is 17.2 Å². The molecular weight excluding hydrogens is 332 g/mol. The lowest BCUT2D eigenvalue weighted by atomic mass is 10.0. The summed E-state index contributed by atoms with van der Waals surface area (Å²) in [5, 5.41) is 3.28. The summed E-state index contributed by atoms with van der Waals surface area (Å²) in [6.45, 7) is 0.545.